The van der Waals surface area contributed by atoms with Gasteiger partial charge in [-0.1, -0.05) is 98.8 Å². The Labute approximate surface area is 277 Å². The highest BCUT2D eigenvalue weighted by atomic mass is 16.3. The van der Waals surface area contributed by atoms with Gasteiger partial charge >= 0.3 is 0 Å². The molecule has 0 N–H and O–H groups in total. The summed E-state index contributed by atoms with van der Waals surface area (Å²) in [5, 5.41) is 4.40. The van der Waals surface area contributed by atoms with Crippen LogP contribution in [0.15, 0.2) is 154 Å². The quantitative estimate of drug-likeness (QED) is 0.197. The number of nitrogens with zero attached hydrogens (tertiary/aromatic N) is 2. The van der Waals surface area contributed by atoms with Gasteiger partial charge in [0, 0.05) is 44.6 Å². The SMILES string of the molecule is CC1(C)c2ccccc2-c2cc(N(c3ccc4c(c3)oc3cccc(-c5nc6ccccc6o5)c34)c3cccc4ccccc34)ccc21. The van der Waals surface area contributed by atoms with Crippen molar-refractivity contribution in [3.05, 3.63) is 157 Å². The number of hydrogen-bond acceptors (Lipinski definition) is 4. The Morgan fingerprint density at radius 1 is 0.521 bits per heavy atom. The zero-order chi connectivity index (χ0) is 32.0. The van der Waals surface area contributed by atoms with Crippen molar-refractivity contribution in [2.75, 3.05) is 4.90 Å². The molecule has 0 amide bonds. The highest BCUT2D eigenvalue weighted by molar-refractivity contribution is 6.13. The van der Waals surface area contributed by atoms with Crippen molar-refractivity contribution in [1.82, 2.24) is 4.98 Å². The summed E-state index contributed by atoms with van der Waals surface area (Å²) < 4.78 is 12.8. The molecule has 2 heterocycles. The van der Waals surface area contributed by atoms with Crippen LogP contribution < -0.4 is 4.90 Å². The number of oxazole rings is 1. The molecule has 48 heavy (non-hydrogen) atoms. The first kappa shape index (κ1) is 27.0. The molecule has 4 heteroatoms. The molecular formula is C44H30N2O2. The van der Waals surface area contributed by atoms with Crippen molar-refractivity contribution in [3.8, 4) is 22.6 Å². The Balaban J connectivity index is 1.19. The monoisotopic (exact) mass is 618 g/mol. The average Bonchev–Trinajstić information content (AvgIpc) is 3.79. The molecule has 0 fully saturated rings. The van der Waals surface area contributed by atoms with E-state index >= 15 is 0 Å². The second-order valence-corrected chi connectivity index (χ2v) is 13.2. The van der Waals surface area contributed by atoms with Gasteiger partial charge in [0.1, 0.15) is 16.7 Å². The number of fused-ring (bicyclic) bond motifs is 8. The molecule has 0 aliphatic heterocycles. The van der Waals surface area contributed by atoms with Gasteiger partial charge in [-0.25, -0.2) is 4.98 Å². The van der Waals surface area contributed by atoms with Crippen LogP contribution in [0.5, 0.6) is 0 Å². The Kier molecular flexibility index (Phi) is 5.59. The van der Waals surface area contributed by atoms with E-state index in [1.807, 2.05) is 36.4 Å². The first-order valence-electron chi connectivity index (χ1n) is 16.4. The normalized spacial score (nSPS) is 13.4. The average molecular weight is 619 g/mol. The summed E-state index contributed by atoms with van der Waals surface area (Å²) in [7, 11) is 0. The summed E-state index contributed by atoms with van der Waals surface area (Å²) in [6.45, 7) is 4.65. The highest BCUT2D eigenvalue weighted by Gasteiger charge is 2.35. The zero-order valence-corrected chi connectivity index (χ0v) is 26.6. The van der Waals surface area contributed by atoms with Crippen LogP contribution in [0, 0.1) is 0 Å². The smallest absolute Gasteiger partial charge is 0.228 e. The minimum absolute atomic E-state index is 0.0612. The van der Waals surface area contributed by atoms with E-state index in [1.165, 1.54) is 33.0 Å². The topological polar surface area (TPSA) is 42.4 Å². The summed E-state index contributed by atoms with van der Waals surface area (Å²) >= 11 is 0. The minimum atomic E-state index is -0.0612. The number of para-hydroxylation sites is 2. The van der Waals surface area contributed by atoms with Crippen molar-refractivity contribution in [1.29, 1.82) is 0 Å². The molecule has 7 aromatic carbocycles. The maximum atomic E-state index is 6.59. The third-order valence-corrected chi connectivity index (χ3v) is 10.1. The Morgan fingerprint density at radius 2 is 1.23 bits per heavy atom. The maximum Gasteiger partial charge on any atom is 0.228 e. The number of aromatic nitrogens is 1. The fourth-order valence-electron chi connectivity index (χ4n) is 7.80. The van der Waals surface area contributed by atoms with Crippen LogP contribution in [0.25, 0.3) is 66.4 Å². The summed E-state index contributed by atoms with van der Waals surface area (Å²) in [5.74, 6) is 0.590. The van der Waals surface area contributed by atoms with Crippen LogP contribution in [0.2, 0.25) is 0 Å². The number of benzene rings is 7. The van der Waals surface area contributed by atoms with Crippen LogP contribution in [0.3, 0.4) is 0 Å². The molecule has 228 valence electrons. The lowest BCUT2D eigenvalue weighted by molar-refractivity contribution is 0.620. The Hall–Kier alpha value is -6.13. The third-order valence-electron chi connectivity index (χ3n) is 10.1. The van der Waals surface area contributed by atoms with Crippen LogP contribution >= 0.6 is 0 Å². The van der Waals surface area contributed by atoms with E-state index in [0.717, 1.165) is 55.7 Å². The molecular weight excluding hydrogens is 588 g/mol. The summed E-state index contributed by atoms with van der Waals surface area (Å²) in [4.78, 5) is 7.18. The standard InChI is InChI=1S/C44H30N2O2/c1-44(2)35-16-6-5-14-31(35)34-25-28(22-24-36(34)44)46(38-18-9-12-27-11-3-4-13-30(27)38)29-21-23-32-41(26-29)47-40-20-10-15-33(42(32)40)43-45-37-17-7-8-19-39(37)48-43/h3-26H,1-2H3. The van der Waals surface area contributed by atoms with Gasteiger partial charge in [-0.2, -0.15) is 0 Å². The molecule has 1 aliphatic rings. The number of rotatable bonds is 4. The molecule has 0 unspecified atom stereocenters. The van der Waals surface area contributed by atoms with E-state index in [2.05, 4.69) is 128 Å². The van der Waals surface area contributed by atoms with Gasteiger partial charge in [-0.05, 0) is 82.2 Å². The summed E-state index contributed by atoms with van der Waals surface area (Å²) in [5.41, 5.74) is 12.6. The molecule has 0 atom stereocenters. The highest BCUT2D eigenvalue weighted by Crippen LogP contribution is 2.51. The predicted molar refractivity (Wildman–Crippen MR) is 196 cm³/mol. The lowest BCUT2D eigenvalue weighted by atomic mass is 9.82. The molecule has 0 radical (unpaired) electrons. The lowest BCUT2D eigenvalue weighted by Gasteiger charge is -2.28. The molecule has 0 saturated heterocycles. The molecule has 1 aliphatic carbocycles. The van der Waals surface area contributed by atoms with Crippen molar-refractivity contribution in [3.63, 3.8) is 0 Å². The minimum Gasteiger partial charge on any atom is -0.456 e. The first-order valence-corrected chi connectivity index (χ1v) is 16.4. The number of hydrogen-bond donors (Lipinski definition) is 0. The number of anilines is 3. The molecule has 9 aromatic rings. The predicted octanol–water partition coefficient (Wildman–Crippen LogP) is 12.3. The maximum absolute atomic E-state index is 6.59. The fourth-order valence-corrected chi connectivity index (χ4v) is 7.80. The van der Waals surface area contributed by atoms with Gasteiger partial charge in [-0.3, -0.25) is 0 Å². The summed E-state index contributed by atoms with van der Waals surface area (Å²) in [6, 6.07) is 51.4. The van der Waals surface area contributed by atoms with Crippen LogP contribution in [-0.4, -0.2) is 4.98 Å². The third kappa shape index (κ3) is 3.86. The van der Waals surface area contributed by atoms with Gasteiger partial charge in [0.05, 0.1) is 5.69 Å². The molecule has 0 spiro atoms. The largest absolute Gasteiger partial charge is 0.456 e. The van der Waals surface area contributed by atoms with Crippen molar-refractivity contribution >= 4 is 60.9 Å². The van der Waals surface area contributed by atoms with Crippen molar-refractivity contribution < 1.29 is 8.83 Å². The second-order valence-electron chi connectivity index (χ2n) is 13.2. The van der Waals surface area contributed by atoms with Gasteiger partial charge in [0.15, 0.2) is 5.58 Å². The number of furan rings is 1. The lowest BCUT2D eigenvalue weighted by Crippen LogP contribution is -2.15. The van der Waals surface area contributed by atoms with Gasteiger partial charge in [0.2, 0.25) is 5.89 Å². The molecule has 4 nitrogen and oxygen atoms in total. The van der Waals surface area contributed by atoms with E-state index in [0.29, 0.717) is 5.89 Å². The van der Waals surface area contributed by atoms with Crippen LogP contribution in [0.1, 0.15) is 25.0 Å². The Bertz CT molecular complexity index is 2690. The second kappa shape index (κ2) is 9.93. The Morgan fingerprint density at radius 3 is 2.17 bits per heavy atom. The van der Waals surface area contributed by atoms with Crippen molar-refractivity contribution in [2.24, 2.45) is 0 Å². The summed E-state index contributed by atoms with van der Waals surface area (Å²) in [6.07, 6.45) is 0. The molecule has 10 rings (SSSR count). The molecule has 0 saturated carbocycles. The van der Waals surface area contributed by atoms with E-state index in [4.69, 9.17) is 13.8 Å². The van der Waals surface area contributed by atoms with Gasteiger partial charge < -0.3 is 13.7 Å². The first-order chi connectivity index (χ1) is 23.5. The van der Waals surface area contributed by atoms with Crippen molar-refractivity contribution in [2.45, 2.75) is 19.3 Å². The van der Waals surface area contributed by atoms with Gasteiger partial charge in [-0.15, -0.1) is 0 Å². The van der Waals surface area contributed by atoms with Crippen LogP contribution in [-0.2, 0) is 5.41 Å². The van der Waals surface area contributed by atoms with E-state index in [-0.39, 0.29) is 5.41 Å². The fraction of sp³-hybridized carbons (Fsp3) is 0.0682. The molecule has 0 bridgehead atoms. The zero-order valence-electron chi connectivity index (χ0n) is 26.6. The van der Waals surface area contributed by atoms with E-state index in [1.54, 1.807) is 0 Å². The molecule has 2 aromatic heterocycles. The van der Waals surface area contributed by atoms with E-state index < -0.39 is 0 Å². The van der Waals surface area contributed by atoms with E-state index in [9.17, 15) is 0 Å². The van der Waals surface area contributed by atoms with Gasteiger partial charge in [0.25, 0.3) is 0 Å². The van der Waals surface area contributed by atoms with Crippen LogP contribution in [0.4, 0.5) is 17.1 Å².